The van der Waals surface area contributed by atoms with Gasteiger partial charge in [0.1, 0.15) is 15.7 Å². The fraction of sp³-hybridized carbons (Fsp3) is 0.100. The number of aromatic nitrogens is 3. The van der Waals surface area contributed by atoms with Crippen molar-refractivity contribution >= 4 is 21.6 Å². The summed E-state index contributed by atoms with van der Waals surface area (Å²) in [7, 11) is 5.14. The maximum Gasteiger partial charge on any atom is 0.248 e. The Morgan fingerprint density at radius 3 is 2.75 bits per heavy atom. The molecule has 2 N–H and O–H groups in total. The Balaban J connectivity index is 2.52. The highest BCUT2D eigenvalue weighted by Crippen LogP contribution is 2.16. The molecule has 79 valence electrons. The third-order valence-corrected chi connectivity index (χ3v) is 2.72. The summed E-state index contributed by atoms with van der Waals surface area (Å²) in [4.78, 5) is 11.0. The SMILES string of the molecule is Cn1c([Si])nnc1-c1cccc(C(N)=O)c1. The number of carbonyl (C=O) groups excluding carboxylic acids is 1. The van der Waals surface area contributed by atoms with Gasteiger partial charge in [-0.2, -0.15) is 0 Å². The Morgan fingerprint density at radius 2 is 2.19 bits per heavy atom. The molecule has 1 amide bonds. The lowest BCUT2D eigenvalue weighted by molar-refractivity contribution is 0.100. The Kier molecular flexibility index (Phi) is 2.57. The van der Waals surface area contributed by atoms with Crippen LogP contribution in [0.2, 0.25) is 0 Å². The van der Waals surface area contributed by atoms with Gasteiger partial charge in [0.2, 0.25) is 5.91 Å². The molecule has 6 heteroatoms. The lowest BCUT2D eigenvalue weighted by Gasteiger charge is -2.03. The van der Waals surface area contributed by atoms with Gasteiger partial charge in [-0.05, 0) is 12.1 Å². The zero-order valence-corrected chi connectivity index (χ0v) is 9.64. The van der Waals surface area contributed by atoms with E-state index in [1.165, 1.54) is 0 Å². The van der Waals surface area contributed by atoms with Crippen LogP contribution in [0.1, 0.15) is 10.4 Å². The molecule has 2 rings (SSSR count). The third kappa shape index (κ3) is 1.74. The Bertz CT molecular complexity index is 550. The maximum absolute atomic E-state index is 11.0. The molecule has 3 radical (unpaired) electrons. The fourth-order valence-corrected chi connectivity index (χ4v) is 1.55. The van der Waals surface area contributed by atoms with Crippen molar-refractivity contribution in [3.63, 3.8) is 0 Å². The van der Waals surface area contributed by atoms with E-state index in [0.717, 1.165) is 5.56 Å². The van der Waals surface area contributed by atoms with Crippen molar-refractivity contribution < 1.29 is 4.79 Å². The number of hydrogen-bond donors (Lipinski definition) is 1. The number of nitrogens with zero attached hydrogens (tertiary/aromatic N) is 3. The largest absolute Gasteiger partial charge is 0.366 e. The second kappa shape index (κ2) is 3.90. The van der Waals surface area contributed by atoms with Crippen LogP contribution in [0.15, 0.2) is 24.3 Å². The summed E-state index contributed by atoms with van der Waals surface area (Å²) in [6.45, 7) is 0. The number of primary amides is 1. The van der Waals surface area contributed by atoms with Crippen LogP contribution in [0.3, 0.4) is 0 Å². The number of nitrogens with two attached hydrogens (primary N) is 1. The van der Waals surface area contributed by atoms with Crippen LogP contribution in [0.25, 0.3) is 11.4 Å². The van der Waals surface area contributed by atoms with Gasteiger partial charge in [-0.15, -0.1) is 10.2 Å². The zero-order valence-electron chi connectivity index (χ0n) is 8.64. The van der Waals surface area contributed by atoms with Gasteiger partial charge in [-0.25, -0.2) is 0 Å². The second-order valence-corrected chi connectivity index (χ2v) is 3.80. The number of amides is 1. The number of hydrogen-bond acceptors (Lipinski definition) is 3. The highest BCUT2D eigenvalue weighted by molar-refractivity contribution is 6.29. The van der Waals surface area contributed by atoms with Gasteiger partial charge in [-0.3, -0.25) is 4.79 Å². The lowest BCUT2D eigenvalue weighted by Crippen LogP contribution is -2.16. The lowest BCUT2D eigenvalue weighted by atomic mass is 10.1. The van der Waals surface area contributed by atoms with E-state index in [0.29, 0.717) is 16.8 Å². The van der Waals surface area contributed by atoms with E-state index in [4.69, 9.17) is 5.73 Å². The van der Waals surface area contributed by atoms with Crippen molar-refractivity contribution in [3.05, 3.63) is 29.8 Å². The number of carbonyl (C=O) groups is 1. The van der Waals surface area contributed by atoms with Crippen LogP contribution >= 0.6 is 0 Å². The molecule has 0 atom stereocenters. The maximum atomic E-state index is 11.0. The first kappa shape index (κ1) is 10.6. The molecule has 0 saturated carbocycles. The molecular weight excluding hydrogens is 220 g/mol. The fourth-order valence-electron chi connectivity index (χ4n) is 1.39. The summed E-state index contributed by atoms with van der Waals surface area (Å²) < 4.78 is 1.77. The number of rotatable bonds is 2. The molecule has 0 bridgehead atoms. The normalized spacial score (nSPS) is 10.4. The molecular formula is C10H9N4OSi. The Hall–Kier alpha value is -1.95. The average molecular weight is 229 g/mol. The van der Waals surface area contributed by atoms with Crippen LogP contribution in [-0.2, 0) is 7.05 Å². The number of benzene rings is 1. The summed E-state index contributed by atoms with van der Waals surface area (Å²) in [6, 6.07) is 6.97. The minimum atomic E-state index is -0.456. The first-order chi connectivity index (χ1) is 7.59. The average Bonchev–Trinajstić information content (AvgIpc) is 2.60. The summed E-state index contributed by atoms with van der Waals surface area (Å²) >= 11 is 0. The van der Waals surface area contributed by atoms with E-state index in [9.17, 15) is 4.79 Å². The van der Waals surface area contributed by atoms with Gasteiger partial charge in [0.05, 0.1) is 0 Å². The molecule has 5 nitrogen and oxygen atoms in total. The van der Waals surface area contributed by atoms with Crippen LogP contribution in [0.4, 0.5) is 0 Å². The van der Waals surface area contributed by atoms with Gasteiger partial charge in [-0.1, -0.05) is 12.1 Å². The summed E-state index contributed by atoms with van der Waals surface area (Å²) in [5.74, 6) is 0.218. The van der Waals surface area contributed by atoms with Gasteiger partial charge in [0.15, 0.2) is 5.82 Å². The van der Waals surface area contributed by atoms with E-state index in [2.05, 4.69) is 20.4 Å². The van der Waals surface area contributed by atoms with Crippen molar-refractivity contribution in [2.24, 2.45) is 12.8 Å². The van der Waals surface area contributed by atoms with Crippen LogP contribution in [0.5, 0.6) is 0 Å². The third-order valence-electron chi connectivity index (χ3n) is 2.28. The molecule has 0 spiro atoms. The van der Waals surface area contributed by atoms with Crippen LogP contribution < -0.4 is 11.2 Å². The predicted octanol–water partition coefficient (Wildman–Crippen LogP) is -0.625. The summed E-state index contributed by atoms with van der Waals surface area (Å²) in [5, 5.41) is 7.88. The minimum Gasteiger partial charge on any atom is -0.366 e. The minimum absolute atomic E-state index is 0.455. The monoisotopic (exact) mass is 229 g/mol. The highest BCUT2D eigenvalue weighted by atomic mass is 28.1. The second-order valence-electron chi connectivity index (χ2n) is 3.35. The Labute approximate surface area is 95.7 Å². The van der Waals surface area contributed by atoms with Crippen molar-refractivity contribution in [2.75, 3.05) is 0 Å². The molecule has 0 aliphatic rings. The molecule has 0 fully saturated rings. The van der Waals surface area contributed by atoms with Gasteiger partial charge in [0.25, 0.3) is 0 Å². The van der Waals surface area contributed by atoms with Crippen molar-refractivity contribution in [1.82, 2.24) is 14.8 Å². The van der Waals surface area contributed by atoms with Crippen molar-refractivity contribution in [1.29, 1.82) is 0 Å². The predicted molar refractivity (Wildman–Crippen MR) is 60.3 cm³/mol. The first-order valence-corrected chi connectivity index (χ1v) is 5.11. The summed E-state index contributed by atoms with van der Waals surface area (Å²) in [5.41, 5.74) is 7.09. The molecule has 16 heavy (non-hydrogen) atoms. The highest BCUT2D eigenvalue weighted by Gasteiger charge is 2.09. The van der Waals surface area contributed by atoms with Gasteiger partial charge >= 0.3 is 0 Å². The van der Waals surface area contributed by atoms with Crippen molar-refractivity contribution in [2.45, 2.75) is 0 Å². The summed E-state index contributed by atoms with van der Waals surface area (Å²) in [6.07, 6.45) is 0. The molecule has 0 aliphatic carbocycles. The van der Waals surface area contributed by atoms with E-state index in [1.807, 2.05) is 13.1 Å². The Morgan fingerprint density at radius 1 is 1.44 bits per heavy atom. The van der Waals surface area contributed by atoms with Crippen LogP contribution in [-0.4, -0.2) is 30.9 Å². The molecule has 1 heterocycles. The van der Waals surface area contributed by atoms with E-state index in [1.54, 1.807) is 22.8 Å². The van der Waals surface area contributed by atoms with Gasteiger partial charge < -0.3 is 10.3 Å². The molecule has 2 aromatic rings. The molecule has 0 saturated heterocycles. The smallest absolute Gasteiger partial charge is 0.248 e. The molecule has 1 aromatic carbocycles. The molecule has 0 unspecified atom stereocenters. The van der Waals surface area contributed by atoms with Gasteiger partial charge in [0, 0.05) is 18.2 Å². The van der Waals surface area contributed by atoms with E-state index < -0.39 is 5.91 Å². The first-order valence-electron chi connectivity index (χ1n) is 4.61. The molecule has 1 aromatic heterocycles. The van der Waals surface area contributed by atoms with Crippen molar-refractivity contribution in [3.8, 4) is 11.4 Å². The zero-order chi connectivity index (χ0) is 11.7. The van der Waals surface area contributed by atoms with E-state index in [-0.39, 0.29) is 0 Å². The quantitative estimate of drug-likeness (QED) is 0.697. The topological polar surface area (TPSA) is 73.8 Å². The van der Waals surface area contributed by atoms with E-state index >= 15 is 0 Å². The van der Waals surface area contributed by atoms with Crippen LogP contribution in [0, 0.1) is 0 Å². The molecule has 0 aliphatic heterocycles. The standard InChI is InChI=1S/C10H9N4OSi/c1-14-9(12-13-10(14)16)7-4-2-3-6(5-7)8(11)15/h2-5H,1H3,(H2,11,15).